The van der Waals surface area contributed by atoms with Gasteiger partial charge < -0.3 is 10.2 Å². The van der Waals surface area contributed by atoms with Crippen LogP contribution in [0.25, 0.3) is 0 Å². The fraction of sp³-hybridized carbons (Fsp3) is 0.300. The minimum atomic E-state index is -1.31. The zero-order chi connectivity index (χ0) is 12.8. The standard InChI is InChI=1S/C10H11NO5S/c12-4-5-17-6-7-2-1-3-8(11(15)16)9(7)10(13)14/h1-3,12H,4-6H2,(H,13,14). The van der Waals surface area contributed by atoms with Gasteiger partial charge in [-0.1, -0.05) is 12.1 Å². The second-order valence-electron chi connectivity index (χ2n) is 3.15. The van der Waals surface area contributed by atoms with Gasteiger partial charge in [-0.15, -0.1) is 0 Å². The molecule has 0 unspecified atom stereocenters. The molecule has 92 valence electrons. The molecular weight excluding hydrogens is 246 g/mol. The first kappa shape index (κ1) is 13.5. The van der Waals surface area contributed by atoms with Crippen LogP contribution >= 0.6 is 11.8 Å². The van der Waals surface area contributed by atoms with Crippen LogP contribution in [0.2, 0.25) is 0 Å². The average molecular weight is 257 g/mol. The summed E-state index contributed by atoms with van der Waals surface area (Å²) < 4.78 is 0. The van der Waals surface area contributed by atoms with Crippen LogP contribution in [-0.4, -0.2) is 33.5 Å². The van der Waals surface area contributed by atoms with E-state index in [4.69, 9.17) is 10.2 Å². The lowest BCUT2D eigenvalue weighted by Gasteiger charge is -2.05. The summed E-state index contributed by atoms with van der Waals surface area (Å²) in [7, 11) is 0. The van der Waals surface area contributed by atoms with E-state index in [9.17, 15) is 14.9 Å². The third-order valence-corrected chi connectivity index (χ3v) is 3.02. The number of nitro groups is 1. The zero-order valence-electron chi connectivity index (χ0n) is 8.83. The highest BCUT2D eigenvalue weighted by molar-refractivity contribution is 7.98. The molecule has 0 heterocycles. The molecule has 6 nitrogen and oxygen atoms in total. The number of nitrogens with zero attached hydrogens (tertiary/aromatic N) is 1. The van der Waals surface area contributed by atoms with Crippen LogP contribution in [0.5, 0.6) is 0 Å². The Kier molecular flexibility index (Phi) is 4.92. The Bertz CT molecular complexity index is 435. The molecule has 0 aliphatic rings. The highest BCUT2D eigenvalue weighted by Crippen LogP contribution is 2.25. The molecule has 2 N–H and O–H groups in total. The Balaban J connectivity index is 3.07. The molecule has 1 aromatic rings. The van der Waals surface area contributed by atoms with E-state index in [1.807, 2.05) is 0 Å². The van der Waals surface area contributed by atoms with E-state index in [1.165, 1.54) is 23.9 Å². The second-order valence-corrected chi connectivity index (χ2v) is 4.25. The summed E-state index contributed by atoms with van der Waals surface area (Å²) in [5.41, 5.74) is -0.285. The van der Waals surface area contributed by atoms with Crippen molar-refractivity contribution in [3.8, 4) is 0 Å². The van der Waals surface area contributed by atoms with Crippen molar-refractivity contribution in [1.29, 1.82) is 0 Å². The Hall–Kier alpha value is -1.60. The monoisotopic (exact) mass is 257 g/mol. The van der Waals surface area contributed by atoms with Crippen LogP contribution in [0.1, 0.15) is 15.9 Å². The van der Waals surface area contributed by atoms with Crippen LogP contribution in [0.3, 0.4) is 0 Å². The van der Waals surface area contributed by atoms with E-state index in [1.54, 1.807) is 6.07 Å². The Morgan fingerprint density at radius 1 is 1.47 bits per heavy atom. The van der Waals surface area contributed by atoms with E-state index < -0.39 is 16.6 Å². The van der Waals surface area contributed by atoms with Crippen molar-refractivity contribution in [3.63, 3.8) is 0 Å². The molecule has 0 atom stereocenters. The Morgan fingerprint density at radius 2 is 2.18 bits per heavy atom. The molecule has 0 radical (unpaired) electrons. The predicted octanol–water partition coefficient (Wildman–Crippen LogP) is 1.52. The molecule has 0 saturated carbocycles. The third kappa shape index (κ3) is 3.43. The summed E-state index contributed by atoms with van der Waals surface area (Å²) in [6.45, 7) is -0.0119. The third-order valence-electron chi connectivity index (χ3n) is 2.03. The van der Waals surface area contributed by atoms with E-state index in [-0.39, 0.29) is 12.2 Å². The first-order valence-corrected chi connectivity index (χ1v) is 5.91. The minimum absolute atomic E-state index is 0.0119. The van der Waals surface area contributed by atoms with Crippen molar-refractivity contribution >= 4 is 23.4 Å². The van der Waals surface area contributed by atoms with E-state index >= 15 is 0 Å². The van der Waals surface area contributed by atoms with Crippen LogP contribution in [0.15, 0.2) is 18.2 Å². The van der Waals surface area contributed by atoms with Crippen molar-refractivity contribution < 1.29 is 19.9 Å². The number of aliphatic hydroxyl groups excluding tert-OH is 1. The summed E-state index contributed by atoms with van der Waals surface area (Å²) in [5.74, 6) is -0.525. The lowest BCUT2D eigenvalue weighted by Crippen LogP contribution is -2.06. The maximum absolute atomic E-state index is 11.0. The number of rotatable bonds is 6. The van der Waals surface area contributed by atoms with Gasteiger partial charge in [0, 0.05) is 17.6 Å². The minimum Gasteiger partial charge on any atom is -0.477 e. The smallest absolute Gasteiger partial charge is 0.343 e. The van der Waals surface area contributed by atoms with Crippen LogP contribution < -0.4 is 0 Å². The number of carboxylic acids is 1. The van der Waals surface area contributed by atoms with E-state index in [0.717, 1.165) is 0 Å². The van der Waals surface area contributed by atoms with Gasteiger partial charge in [-0.2, -0.15) is 11.8 Å². The molecular formula is C10H11NO5S. The summed E-state index contributed by atoms with van der Waals surface area (Å²) in [6, 6.07) is 4.17. The summed E-state index contributed by atoms with van der Waals surface area (Å²) in [6.07, 6.45) is 0. The fourth-order valence-corrected chi connectivity index (χ4v) is 2.09. The number of nitro benzene ring substituents is 1. The number of carboxylic acid groups (broad SMARTS) is 1. The molecule has 0 bridgehead atoms. The van der Waals surface area contributed by atoms with Crippen molar-refractivity contribution in [3.05, 3.63) is 39.4 Å². The molecule has 0 aliphatic carbocycles. The normalized spacial score (nSPS) is 10.2. The van der Waals surface area contributed by atoms with Crippen LogP contribution in [0, 0.1) is 10.1 Å². The molecule has 0 spiro atoms. The maximum atomic E-state index is 11.0. The van der Waals surface area contributed by atoms with Gasteiger partial charge in [0.25, 0.3) is 5.69 Å². The first-order chi connectivity index (χ1) is 8.07. The number of aromatic carboxylic acids is 1. The first-order valence-electron chi connectivity index (χ1n) is 4.76. The van der Waals surface area contributed by atoms with E-state index in [0.29, 0.717) is 17.1 Å². The summed E-state index contributed by atoms with van der Waals surface area (Å²) in [4.78, 5) is 21.0. The summed E-state index contributed by atoms with van der Waals surface area (Å²) >= 11 is 1.32. The molecule has 0 amide bonds. The molecule has 0 fully saturated rings. The Morgan fingerprint density at radius 3 is 2.71 bits per heavy atom. The lowest BCUT2D eigenvalue weighted by atomic mass is 10.1. The number of carbonyl (C=O) groups is 1. The quantitative estimate of drug-likeness (QED) is 0.455. The number of thioether (sulfide) groups is 1. The highest BCUT2D eigenvalue weighted by atomic mass is 32.2. The van der Waals surface area contributed by atoms with Gasteiger partial charge in [0.15, 0.2) is 0 Å². The molecule has 7 heteroatoms. The van der Waals surface area contributed by atoms with Gasteiger partial charge in [-0.25, -0.2) is 4.79 Å². The van der Waals surface area contributed by atoms with Crippen molar-refractivity contribution in [2.24, 2.45) is 0 Å². The topological polar surface area (TPSA) is 101 Å². The molecule has 0 aliphatic heterocycles. The number of hydrogen-bond donors (Lipinski definition) is 2. The zero-order valence-corrected chi connectivity index (χ0v) is 9.64. The molecule has 1 rings (SSSR count). The highest BCUT2D eigenvalue weighted by Gasteiger charge is 2.22. The van der Waals surface area contributed by atoms with E-state index in [2.05, 4.69) is 0 Å². The molecule has 17 heavy (non-hydrogen) atoms. The molecule has 0 saturated heterocycles. The largest absolute Gasteiger partial charge is 0.477 e. The molecule has 1 aromatic carbocycles. The fourth-order valence-electron chi connectivity index (χ4n) is 1.35. The van der Waals surface area contributed by atoms with Crippen molar-refractivity contribution in [2.75, 3.05) is 12.4 Å². The average Bonchev–Trinajstić information content (AvgIpc) is 2.28. The lowest BCUT2D eigenvalue weighted by molar-refractivity contribution is -0.385. The Labute approximate surface area is 101 Å². The van der Waals surface area contributed by atoms with Gasteiger partial charge in [0.2, 0.25) is 0 Å². The molecule has 0 aromatic heterocycles. The number of aliphatic hydroxyl groups is 1. The maximum Gasteiger partial charge on any atom is 0.343 e. The van der Waals surface area contributed by atoms with Crippen LogP contribution in [0.4, 0.5) is 5.69 Å². The van der Waals surface area contributed by atoms with Crippen LogP contribution in [-0.2, 0) is 5.75 Å². The number of benzene rings is 1. The van der Waals surface area contributed by atoms with Gasteiger partial charge in [0.1, 0.15) is 5.56 Å². The van der Waals surface area contributed by atoms with Gasteiger partial charge in [-0.3, -0.25) is 10.1 Å². The van der Waals surface area contributed by atoms with Gasteiger partial charge in [0.05, 0.1) is 11.5 Å². The number of hydrogen-bond acceptors (Lipinski definition) is 5. The van der Waals surface area contributed by atoms with Gasteiger partial charge >= 0.3 is 5.97 Å². The van der Waals surface area contributed by atoms with Gasteiger partial charge in [-0.05, 0) is 5.56 Å². The van der Waals surface area contributed by atoms with Crippen molar-refractivity contribution in [2.45, 2.75) is 5.75 Å². The predicted molar refractivity (Wildman–Crippen MR) is 63.3 cm³/mol. The summed E-state index contributed by atoms with van der Waals surface area (Å²) in [5, 5.41) is 28.3. The SMILES string of the molecule is O=C(O)c1c(CSCCO)cccc1[N+](=O)[O-]. The second kappa shape index (κ2) is 6.21. The van der Waals surface area contributed by atoms with Crippen molar-refractivity contribution in [1.82, 2.24) is 0 Å².